The van der Waals surface area contributed by atoms with Crippen molar-refractivity contribution in [2.24, 2.45) is 0 Å². The Hall–Kier alpha value is -3.09. The third-order valence-corrected chi connectivity index (χ3v) is 3.19. The number of carbonyl (C=O) groups is 1. The van der Waals surface area contributed by atoms with Crippen LogP contribution in [0.1, 0.15) is 27.6 Å². The number of aromatic nitrogens is 4. The highest BCUT2D eigenvalue weighted by atomic mass is 16.5. The Balaban J connectivity index is 1.49. The van der Waals surface area contributed by atoms with E-state index in [0.717, 1.165) is 5.56 Å². The Morgan fingerprint density at radius 2 is 2.00 bits per heavy atom. The lowest BCUT2D eigenvalue weighted by Crippen LogP contribution is -2.25. The third kappa shape index (κ3) is 4.19. The Labute approximate surface area is 132 Å². The number of hydrogen-bond donors (Lipinski definition) is 1. The molecule has 2 heterocycles. The van der Waals surface area contributed by atoms with Gasteiger partial charge in [-0.2, -0.15) is 15.2 Å². The summed E-state index contributed by atoms with van der Waals surface area (Å²) >= 11 is 0. The van der Waals surface area contributed by atoms with Gasteiger partial charge in [-0.15, -0.1) is 0 Å². The van der Waals surface area contributed by atoms with Crippen LogP contribution < -0.4 is 5.32 Å². The molecule has 0 bridgehead atoms. The zero-order chi connectivity index (χ0) is 15.9. The lowest BCUT2D eigenvalue weighted by molar-refractivity contribution is 0.0953. The maximum absolute atomic E-state index is 11.8. The first-order chi connectivity index (χ1) is 11.3. The van der Waals surface area contributed by atoms with E-state index >= 15 is 0 Å². The van der Waals surface area contributed by atoms with Crippen molar-refractivity contribution in [3.63, 3.8) is 0 Å². The zero-order valence-corrected chi connectivity index (χ0v) is 12.3. The first kappa shape index (κ1) is 14.8. The van der Waals surface area contributed by atoms with E-state index in [1.54, 1.807) is 6.07 Å². The second-order valence-electron chi connectivity index (χ2n) is 4.90. The molecule has 2 aromatic heterocycles. The number of carbonyl (C=O) groups excluding carboxylic acids is 1. The SMILES string of the molecule is O=C(NCCc1nc(Cc2ccccc2)no1)c1ccnnc1. The van der Waals surface area contributed by atoms with E-state index in [1.807, 2.05) is 30.3 Å². The van der Waals surface area contributed by atoms with E-state index in [2.05, 4.69) is 25.7 Å². The summed E-state index contributed by atoms with van der Waals surface area (Å²) in [4.78, 5) is 16.2. The maximum Gasteiger partial charge on any atom is 0.252 e. The lowest BCUT2D eigenvalue weighted by Gasteiger charge is -2.01. The number of amides is 1. The predicted molar refractivity (Wildman–Crippen MR) is 81.6 cm³/mol. The summed E-state index contributed by atoms with van der Waals surface area (Å²) < 4.78 is 5.19. The Bertz CT molecular complexity index is 758. The van der Waals surface area contributed by atoms with E-state index in [9.17, 15) is 4.79 Å². The fourth-order valence-electron chi connectivity index (χ4n) is 2.05. The van der Waals surface area contributed by atoms with Gasteiger partial charge in [0.15, 0.2) is 5.82 Å². The van der Waals surface area contributed by atoms with Gasteiger partial charge in [-0.1, -0.05) is 35.5 Å². The van der Waals surface area contributed by atoms with Gasteiger partial charge in [-0.05, 0) is 11.6 Å². The van der Waals surface area contributed by atoms with E-state index in [-0.39, 0.29) is 5.91 Å². The molecular formula is C16H15N5O2. The van der Waals surface area contributed by atoms with Crippen LogP contribution in [-0.4, -0.2) is 32.8 Å². The molecule has 116 valence electrons. The molecule has 0 aliphatic heterocycles. The molecule has 1 N–H and O–H groups in total. The van der Waals surface area contributed by atoms with Crippen LogP contribution in [0, 0.1) is 0 Å². The van der Waals surface area contributed by atoms with E-state index in [0.29, 0.717) is 36.7 Å². The molecule has 0 unspecified atom stereocenters. The van der Waals surface area contributed by atoms with Crippen LogP contribution in [0.4, 0.5) is 0 Å². The molecule has 1 amide bonds. The van der Waals surface area contributed by atoms with Crippen molar-refractivity contribution < 1.29 is 9.32 Å². The summed E-state index contributed by atoms with van der Waals surface area (Å²) in [6.45, 7) is 0.411. The van der Waals surface area contributed by atoms with E-state index < -0.39 is 0 Å². The summed E-state index contributed by atoms with van der Waals surface area (Å²) in [5.41, 5.74) is 1.59. The maximum atomic E-state index is 11.8. The van der Waals surface area contributed by atoms with Crippen LogP contribution in [0.5, 0.6) is 0 Å². The van der Waals surface area contributed by atoms with Gasteiger partial charge in [-0.3, -0.25) is 4.79 Å². The fourth-order valence-corrected chi connectivity index (χ4v) is 2.05. The van der Waals surface area contributed by atoms with Crippen molar-refractivity contribution in [1.29, 1.82) is 0 Å². The average molecular weight is 309 g/mol. The van der Waals surface area contributed by atoms with Crippen molar-refractivity contribution in [2.75, 3.05) is 6.54 Å². The number of hydrogen-bond acceptors (Lipinski definition) is 6. The van der Waals surface area contributed by atoms with Crippen molar-refractivity contribution >= 4 is 5.91 Å². The first-order valence-electron chi connectivity index (χ1n) is 7.21. The molecule has 7 heteroatoms. The Morgan fingerprint density at radius 3 is 2.78 bits per heavy atom. The summed E-state index contributed by atoms with van der Waals surface area (Å²) in [5, 5.41) is 14.0. The third-order valence-electron chi connectivity index (χ3n) is 3.19. The topological polar surface area (TPSA) is 93.8 Å². The molecule has 0 aliphatic carbocycles. The molecule has 0 atom stereocenters. The van der Waals surface area contributed by atoms with Gasteiger partial charge in [0.05, 0.1) is 18.0 Å². The van der Waals surface area contributed by atoms with Crippen molar-refractivity contribution in [3.8, 4) is 0 Å². The smallest absolute Gasteiger partial charge is 0.252 e. The second kappa shape index (κ2) is 7.26. The molecular weight excluding hydrogens is 294 g/mol. The van der Waals surface area contributed by atoms with Crippen LogP contribution in [0.2, 0.25) is 0 Å². The molecule has 0 radical (unpaired) electrons. The summed E-state index contributed by atoms with van der Waals surface area (Å²) in [5.74, 6) is 0.934. The predicted octanol–water partition coefficient (Wildman–Crippen LogP) is 1.42. The molecule has 0 fully saturated rings. The summed E-state index contributed by atoms with van der Waals surface area (Å²) in [6, 6.07) is 11.5. The van der Waals surface area contributed by atoms with Gasteiger partial charge in [0.2, 0.25) is 5.89 Å². The van der Waals surface area contributed by atoms with E-state index in [1.165, 1.54) is 12.4 Å². The van der Waals surface area contributed by atoms with Crippen LogP contribution in [-0.2, 0) is 12.8 Å². The number of rotatable bonds is 6. The monoisotopic (exact) mass is 309 g/mol. The van der Waals surface area contributed by atoms with Crippen molar-refractivity contribution in [1.82, 2.24) is 25.7 Å². The van der Waals surface area contributed by atoms with Gasteiger partial charge < -0.3 is 9.84 Å². The minimum Gasteiger partial charge on any atom is -0.351 e. The molecule has 0 aliphatic rings. The molecule has 0 spiro atoms. The largest absolute Gasteiger partial charge is 0.351 e. The second-order valence-corrected chi connectivity index (χ2v) is 4.90. The highest BCUT2D eigenvalue weighted by molar-refractivity contribution is 5.93. The van der Waals surface area contributed by atoms with Crippen LogP contribution in [0.25, 0.3) is 0 Å². The average Bonchev–Trinajstić information content (AvgIpc) is 3.04. The van der Waals surface area contributed by atoms with Crippen LogP contribution in [0.15, 0.2) is 53.3 Å². The van der Waals surface area contributed by atoms with Gasteiger partial charge in [-0.25, -0.2) is 0 Å². The van der Waals surface area contributed by atoms with Crippen LogP contribution >= 0.6 is 0 Å². The lowest BCUT2D eigenvalue weighted by atomic mass is 10.1. The molecule has 1 aromatic carbocycles. The van der Waals surface area contributed by atoms with Crippen LogP contribution in [0.3, 0.4) is 0 Å². The molecule has 7 nitrogen and oxygen atoms in total. The normalized spacial score (nSPS) is 10.4. The number of benzene rings is 1. The molecule has 0 saturated heterocycles. The van der Waals surface area contributed by atoms with Gasteiger partial charge in [0, 0.05) is 19.4 Å². The van der Waals surface area contributed by atoms with Gasteiger partial charge in [0.1, 0.15) is 0 Å². The highest BCUT2D eigenvalue weighted by Crippen LogP contribution is 2.06. The van der Waals surface area contributed by atoms with Crippen molar-refractivity contribution in [3.05, 3.63) is 71.6 Å². The zero-order valence-electron chi connectivity index (χ0n) is 12.3. The van der Waals surface area contributed by atoms with Gasteiger partial charge >= 0.3 is 0 Å². The highest BCUT2D eigenvalue weighted by Gasteiger charge is 2.09. The molecule has 3 aromatic rings. The molecule has 3 rings (SSSR count). The quantitative estimate of drug-likeness (QED) is 0.740. The van der Waals surface area contributed by atoms with E-state index in [4.69, 9.17) is 4.52 Å². The minimum absolute atomic E-state index is 0.205. The summed E-state index contributed by atoms with van der Waals surface area (Å²) in [7, 11) is 0. The number of nitrogens with zero attached hydrogens (tertiary/aromatic N) is 4. The fraction of sp³-hybridized carbons (Fsp3) is 0.188. The number of nitrogens with one attached hydrogen (secondary N) is 1. The minimum atomic E-state index is -0.205. The molecule has 0 saturated carbocycles. The Kier molecular flexibility index (Phi) is 4.68. The first-order valence-corrected chi connectivity index (χ1v) is 7.21. The van der Waals surface area contributed by atoms with Crippen molar-refractivity contribution in [2.45, 2.75) is 12.8 Å². The Morgan fingerprint density at radius 1 is 1.13 bits per heavy atom. The standard InChI is InChI=1S/C16H15N5O2/c22-16(13-6-9-18-19-11-13)17-8-7-15-20-14(21-23-15)10-12-4-2-1-3-5-12/h1-6,9,11H,7-8,10H2,(H,17,22). The molecule has 23 heavy (non-hydrogen) atoms. The summed E-state index contributed by atoms with van der Waals surface area (Å²) in [6.07, 6.45) is 3.99. The van der Waals surface area contributed by atoms with Gasteiger partial charge in [0.25, 0.3) is 5.91 Å².